The van der Waals surface area contributed by atoms with Crippen LogP contribution in [-0.2, 0) is 4.74 Å². The van der Waals surface area contributed by atoms with E-state index in [-0.39, 0.29) is 11.6 Å². The maximum Gasteiger partial charge on any atom is 0.298 e. The molecule has 0 saturated carbocycles. The lowest BCUT2D eigenvalue weighted by atomic mass is 10.1. The minimum atomic E-state index is -0.286. The average Bonchev–Trinajstić information content (AvgIpc) is 2.74. The predicted octanol–water partition coefficient (Wildman–Crippen LogP) is 3.92. The summed E-state index contributed by atoms with van der Waals surface area (Å²) in [5.41, 5.74) is 3.98. The fourth-order valence-corrected chi connectivity index (χ4v) is 3.60. The van der Waals surface area contributed by atoms with Crippen LogP contribution < -0.4 is 10.9 Å². The Hall–Kier alpha value is -3.29. The van der Waals surface area contributed by atoms with Gasteiger partial charge in [-0.25, -0.2) is 9.97 Å². The van der Waals surface area contributed by atoms with Gasteiger partial charge in [-0.15, -0.1) is 0 Å². The van der Waals surface area contributed by atoms with Gasteiger partial charge in [-0.1, -0.05) is 23.7 Å². The van der Waals surface area contributed by atoms with Crippen molar-refractivity contribution in [3.8, 4) is 16.9 Å². The van der Waals surface area contributed by atoms with E-state index < -0.39 is 0 Å². The van der Waals surface area contributed by atoms with E-state index in [0.717, 1.165) is 22.6 Å². The third kappa shape index (κ3) is 3.66. The van der Waals surface area contributed by atoms with Gasteiger partial charge in [0, 0.05) is 21.7 Å². The summed E-state index contributed by atoms with van der Waals surface area (Å²) in [5.74, 6) is 0.730. The second kappa shape index (κ2) is 7.76. The summed E-state index contributed by atoms with van der Waals surface area (Å²) >= 11 is 6.07. The molecule has 5 rings (SSSR count). The van der Waals surface area contributed by atoms with Crippen molar-refractivity contribution in [2.24, 2.45) is 0 Å². The van der Waals surface area contributed by atoms with Crippen LogP contribution >= 0.6 is 11.6 Å². The average molecular weight is 434 g/mol. The molecular weight excluding hydrogens is 414 g/mol. The number of rotatable bonds is 4. The Labute approximate surface area is 183 Å². The van der Waals surface area contributed by atoms with E-state index in [4.69, 9.17) is 21.4 Å². The Morgan fingerprint density at radius 2 is 1.90 bits per heavy atom. The molecule has 4 aromatic rings. The molecular formula is C23H20ClN5O2. The lowest BCUT2D eigenvalue weighted by Gasteiger charge is -2.27. The Kier molecular flexibility index (Phi) is 4.92. The van der Waals surface area contributed by atoms with Gasteiger partial charge in [-0.3, -0.25) is 4.79 Å². The quantitative estimate of drug-likeness (QED) is 0.525. The van der Waals surface area contributed by atoms with Crippen molar-refractivity contribution in [3.05, 3.63) is 75.3 Å². The summed E-state index contributed by atoms with van der Waals surface area (Å²) in [7, 11) is 0. The van der Waals surface area contributed by atoms with Crippen molar-refractivity contribution >= 4 is 28.3 Å². The monoisotopic (exact) mass is 433 g/mol. The number of hydrogen-bond acceptors (Lipinski definition) is 6. The normalized spacial score (nSPS) is 13.9. The van der Waals surface area contributed by atoms with Crippen molar-refractivity contribution < 1.29 is 4.74 Å². The molecule has 31 heavy (non-hydrogen) atoms. The van der Waals surface area contributed by atoms with Crippen LogP contribution in [0.2, 0.25) is 5.02 Å². The molecule has 1 saturated heterocycles. The molecule has 1 aliphatic rings. The standard InChI is InChI=1S/C23H20ClN5O2/c1-13-9-19-21(15-3-5-16(24)6-4-15)28-29(23(30)22(19)26-14(13)2)18-7-8-20(25-10-18)27-17-11-31-12-17/h3-10,17H,11-12H2,1-2H3,(H,25,27). The number of hydrogen-bond donors (Lipinski definition) is 1. The molecule has 0 aliphatic carbocycles. The molecule has 1 aromatic carbocycles. The van der Waals surface area contributed by atoms with Crippen LogP contribution in [0.3, 0.4) is 0 Å². The van der Waals surface area contributed by atoms with Gasteiger partial charge < -0.3 is 10.1 Å². The molecule has 0 unspecified atom stereocenters. The summed E-state index contributed by atoms with van der Waals surface area (Å²) in [4.78, 5) is 22.3. The van der Waals surface area contributed by atoms with Crippen molar-refractivity contribution in [1.82, 2.24) is 19.7 Å². The first-order valence-electron chi connectivity index (χ1n) is 9.97. The lowest BCUT2D eigenvalue weighted by Crippen LogP contribution is -2.40. The van der Waals surface area contributed by atoms with Crippen molar-refractivity contribution in [1.29, 1.82) is 0 Å². The topological polar surface area (TPSA) is 81.9 Å². The van der Waals surface area contributed by atoms with Gasteiger partial charge >= 0.3 is 0 Å². The van der Waals surface area contributed by atoms with Crippen molar-refractivity contribution in [3.63, 3.8) is 0 Å². The fraction of sp³-hybridized carbons (Fsp3) is 0.217. The molecule has 3 aromatic heterocycles. The van der Waals surface area contributed by atoms with Crippen LogP contribution in [-0.4, -0.2) is 39.0 Å². The van der Waals surface area contributed by atoms with Gasteiger partial charge in [-0.05, 0) is 49.7 Å². The number of anilines is 1. The van der Waals surface area contributed by atoms with Crippen molar-refractivity contribution in [2.75, 3.05) is 18.5 Å². The number of nitrogens with one attached hydrogen (secondary N) is 1. The first-order chi connectivity index (χ1) is 15.0. The molecule has 8 heteroatoms. The predicted molar refractivity (Wildman–Crippen MR) is 121 cm³/mol. The van der Waals surface area contributed by atoms with Gasteiger partial charge in [0.05, 0.1) is 31.1 Å². The zero-order valence-corrected chi connectivity index (χ0v) is 17.8. The lowest BCUT2D eigenvalue weighted by molar-refractivity contribution is 0.0209. The van der Waals surface area contributed by atoms with Gasteiger partial charge in [0.15, 0.2) is 0 Å². The Morgan fingerprint density at radius 3 is 2.55 bits per heavy atom. The number of pyridine rings is 2. The molecule has 0 radical (unpaired) electrons. The SMILES string of the molecule is Cc1cc2c(-c3ccc(Cl)cc3)nn(-c3ccc(NC4COC4)nc3)c(=O)c2nc1C. The van der Waals surface area contributed by atoms with E-state index in [2.05, 4.69) is 15.3 Å². The number of ether oxygens (including phenoxy) is 1. The second-order valence-corrected chi connectivity index (χ2v) is 8.08. The van der Waals surface area contributed by atoms with Gasteiger partial charge in [0.25, 0.3) is 5.56 Å². The van der Waals surface area contributed by atoms with E-state index >= 15 is 0 Å². The van der Waals surface area contributed by atoms with Crippen LogP contribution in [0.15, 0.2) is 53.5 Å². The summed E-state index contributed by atoms with van der Waals surface area (Å²) in [6, 6.07) is 13.3. The number of halogens is 1. The fourth-order valence-electron chi connectivity index (χ4n) is 3.47. The smallest absolute Gasteiger partial charge is 0.298 e. The van der Waals surface area contributed by atoms with E-state index in [1.807, 2.05) is 44.2 Å². The maximum atomic E-state index is 13.3. The number of aromatic nitrogens is 4. The number of nitrogens with zero attached hydrogens (tertiary/aromatic N) is 4. The molecule has 1 fully saturated rings. The molecule has 156 valence electrons. The summed E-state index contributed by atoms with van der Waals surface area (Å²) in [6.07, 6.45) is 1.63. The van der Waals surface area contributed by atoms with E-state index in [9.17, 15) is 4.79 Å². The third-order valence-corrected chi connectivity index (χ3v) is 5.67. The largest absolute Gasteiger partial charge is 0.377 e. The summed E-state index contributed by atoms with van der Waals surface area (Å²) in [5, 5.41) is 9.33. The molecule has 1 aliphatic heterocycles. The highest BCUT2D eigenvalue weighted by Gasteiger charge is 2.19. The minimum Gasteiger partial charge on any atom is -0.377 e. The van der Waals surface area contributed by atoms with Crippen LogP contribution in [0.1, 0.15) is 11.3 Å². The van der Waals surface area contributed by atoms with Crippen molar-refractivity contribution in [2.45, 2.75) is 19.9 Å². The molecule has 0 atom stereocenters. The van der Waals surface area contributed by atoms with Crippen LogP contribution in [0.25, 0.3) is 27.8 Å². The van der Waals surface area contributed by atoms with E-state index in [1.165, 1.54) is 4.68 Å². The first kappa shape index (κ1) is 19.7. The summed E-state index contributed by atoms with van der Waals surface area (Å²) < 4.78 is 6.53. The summed E-state index contributed by atoms with van der Waals surface area (Å²) in [6.45, 7) is 5.21. The highest BCUT2D eigenvalue weighted by molar-refractivity contribution is 6.30. The zero-order valence-electron chi connectivity index (χ0n) is 17.1. The molecule has 0 spiro atoms. The highest BCUT2D eigenvalue weighted by atomic mass is 35.5. The zero-order chi connectivity index (χ0) is 21.5. The number of fused-ring (bicyclic) bond motifs is 1. The number of benzene rings is 1. The Balaban J connectivity index is 1.67. The molecule has 4 heterocycles. The highest BCUT2D eigenvalue weighted by Crippen LogP contribution is 2.27. The van der Waals surface area contributed by atoms with Crippen LogP contribution in [0, 0.1) is 13.8 Å². The molecule has 0 amide bonds. The molecule has 0 bridgehead atoms. The van der Waals surface area contributed by atoms with E-state index in [0.29, 0.717) is 40.5 Å². The second-order valence-electron chi connectivity index (χ2n) is 7.64. The van der Waals surface area contributed by atoms with E-state index in [1.54, 1.807) is 18.3 Å². The van der Waals surface area contributed by atoms with Crippen LogP contribution in [0.5, 0.6) is 0 Å². The Morgan fingerprint density at radius 1 is 1.13 bits per heavy atom. The Bertz CT molecular complexity index is 1330. The van der Waals surface area contributed by atoms with Gasteiger partial charge in [0.1, 0.15) is 17.0 Å². The first-order valence-corrected chi connectivity index (χ1v) is 10.4. The minimum absolute atomic E-state index is 0.270. The molecule has 1 N–H and O–H groups in total. The van der Waals surface area contributed by atoms with Crippen LogP contribution in [0.4, 0.5) is 5.82 Å². The van der Waals surface area contributed by atoms with Gasteiger partial charge in [-0.2, -0.15) is 9.78 Å². The van der Waals surface area contributed by atoms with Gasteiger partial charge in [0.2, 0.25) is 0 Å². The third-order valence-electron chi connectivity index (χ3n) is 5.42. The maximum absolute atomic E-state index is 13.3. The number of aryl methyl sites for hydroxylation is 2. The molecule has 7 nitrogen and oxygen atoms in total.